The number of aliphatic imine (C=N–C) groups is 1. The number of rotatable bonds is 4. The molecular weight excluding hydrogens is 206 g/mol. The topological polar surface area (TPSA) is 120 Å². The largest absolute Gasteiger partial charge is 0.370 e. The number of carbonyl (C=O) groups excluding carboxylic acids is 1. The van der Waals surface area contributed by atoms with Gasteiger partial charge in [-0.2, -0.15) is 0 Å². The molecule has 0 aromatic carbocycles. The molecule has 0 atom stereocenters. The molecule has 0 aromatic rings. The molecule has 2 amide bonds. The Kier molecular flexibility index (Phi) is 10.7. The molecule has 7 N–H and O–H groups in total. The zero-order valence-corrected chi connectivity index (χ0v) is 10.7. The van der Waals surface area contributed by atoms with Crippen LogP contribution in [0.2, 0.25) is 0 Å². The SMILES string of the molecule is CC(C)CN=C(N)N.CC(C)CNC(N)=O. The van der Waals surface area contributed by atoms with E-state index in [0.717, 1.165) is 6.54 Å². The number of hydrogen-bond donors (Lipinski definition) is 4. The lowest BCUT2D eigenvalue weighted by Crippen LogP contribution is -2.32. The van der Waals surface area contributed by atoms with E-state index in [2.05, 4.69) is 24.2 Å². The predicted octanol–water partition coefficient (Wildman–Crippen LogP) is 0.227. The first kappa shape index (κ1) is 17.0. The zero-order chi connectivity index (χ0) is 13.1. The minimum Gasteiger partial charge on any atom is -0.370 e. The van der Waals surface area contributed by atoms with E-state index in [0.29, 0.717) is 18.4 Å². The van der Waals surface area contributed by atoms with Gasteiger partial charge in [0.2, 0.25) is 0 Å². The van der Waals surface area contributed by atoms with Crippen LogP contribution in [0.25, 0.3) is 0 Å². The molecule has 0 spiro atoms. The molecule has 0 aromatic heterocycles. The van der Waals surface area contributed by atoms with Crippen LogP contribution in [0.4, 0.5) is 4.79 Å². The van der Waals surface area contributed by atoms with Gasteiger partial charge in [0.1, 0.15) is 0 Å². The maximum Gasteiger partial charge on any atom is 0.312 e. The Morgan fingerprint density at radius 3 is 1.75 bits per heavy atom. The van der Waals surface area contributed by atoms with Crippen molar-refractivity contribution in [2.75, 3.05) is 13.1 Å². The summed E-state index contributed by atoms with van der Waals surface area (Å²) >= 11 is 0. The van der Waals surface area contributed by atoms with Crippen LogP contribution in [-0.2, 0) is 0 Å². The fraction of sp³-hybridized carbons (Fsp3) is 0.800. The van der Waals surface area contributed by atoms with E-state index < -0.39 is 6.03 Å². The van der Waals surface area contributed by atoms with Crippen LogP contribution in [0.3, 0.4) is 0 Å². The summed E-state index contributed by atoms with van der Waals surface area (Å²) in [6.45, 7) is 9.53. The second kappa shape index (κ2) is 10.1. The number of urea groups is 1. The first-order valence-corrected chi connectivity index (χ1v) is 5.34. The molecule has 0 aliphatic heterocycles. The van der Waals surface area contributed by atoms with Gasteiger partial charge < -0.3 is 22.5 Å². The van der Waals surface area contributed by atoms with Crippen molar-refractivity contribution in [3.05, 3.63) is 0 Å². The van der Waals surface area contributed by atoms with Gasteiger partial charge in [0, 0.05) is 13.1 Å². The average Bonchev–Trinajstić information content (AvgIpc) is 2.12. The first-order valence-electron chi connectivity index (χ1n) is 5.34. The second-order valence-electron chi connectivity index (χ2n) is 4.30. The Balaban J connectivity index is 0. The maximum atomic E-state index is 10.0. The minimum absolute atomic E-state index is 0.179. The first-order chi connectivity index (χ1) is 7.25. The third kappa shape index (κ3) is 22.9. The number of nitrogens with one attached hydrogen (secondary N) is 1. The number of nitrogens with two attached hydrogens (primary N) is 3. The minimum atomic E-state index is -0.446. The van der Waals surface area contributed by atoms with Gasteiger partial charge in [0.25, 0.3) is 0 Å². The molecule has 6 nitrogen and oxygen atoms in total. The molecule has 0 unspecified atom stereocenters. The van der Waals surface area contributed by atoms with Crippen molar-refractivity contribution in [3.63, 3.8) is 0 Å². The van der Waals surface area contributed by atoms with Crippen LogP contribution in [0.15, 0.2) is 4.99 Å². The molecule has 0 aliphatic rings. The molecule has 0 saturated carbocycles. The van der Waals surface area contributed by atoms with Crippen LogP contribution < -0.4 is 22.5 Å². The molecular formula is C10H25N5O. The Hall–Kier alpha value is -1.46. The van der Waals surface area contributed by atoms with Crippen molar-refractivity contribution in [2.45, 2.75) is 27.7 Å². The monoisotopic (exact) mass is 231 g/mol. The molecule has 0 bridgehead atoms. The predicted molar refractivity (Wildman–Crippen MR) is 67.9 cm³/mol. The lowest BCUT2D eigenvalue weighted by molar-refractivity contribution is 0.247. The normalized spacial score (nSPS) is 9.38. The van der Waals surface area contributed by atoms with Gasteiger partial charge in [-0.05, 0) is 11.8 Å². The van der Waals surface area contributed by atoms with Gasteiger partial charge in [0.15, 0.2) is 5.96 Å². The van der Waals surface area contributed by atoms with Crippen molar-refractivity contribution in [2.24, 2.45) is 34.0 Å². The summed E-state index contributed by atoms with van der Waals surface area (Å²) in [5.74, 6) is 1.19. The van der Waals surface area contributed by atoms with Crippen LogP contribution in [-0.4, -0.2) is 25.1 Å². The summed E-state index contributed by atoms with van der Waals surface area (Å²) in [7, 11) is 0. The van der Waals surface area contributed by atoms with Gasteiger partial charge in [-0.3, -0.25) is 4.99 Å². The maximum absolute atomic E-state index is 10.0. The molecule has 0 fully saturated rings. The van der Waals surface area contributed by atoms with Gasteiger partial charge in [-0.25, -0.2) is 4.79 Å². The van der Waals surface area contributed by atoms with E-state index in [-0.39, 0.29) is 5.96 Å². The number of amides is 2. The van der Waals surface area contributed by atoms with Crippen molar-refractivity contribution >= 4 is 12.0 Å². The molecule has 0 heterocycles. The Morgan fingerprint density at radius 1 is 1.12 bits per heavy atom. The molecule has 96 valence electrons. The van der Waals surface area contributed by atoms with Crippen LogP contribution >= 0.6 is 0 Å². The van der Waals surface area contributed by atoms with Gasteiger partial charge in [-0.15, -0.1) is 0 Å². The summed E-state index contributed by atoms with van der Waals surface area (Å²) in [5, 5.41) is 2.48. The van der Waals surface area contributed by atoms with Crippen LogP contribution in [0, 0.1) is 11.8 Å². The highest BCUT2D eigenvalue weighted by Gasteiger charge is 1.93. The van der Waals surface area contributed by atoms with E-state index in [1.165, 1.54) is 0 Å². The van der Waals surface area contributed by atoms with E-state index in [4.69, 9.17) is 17.2 Å². The number of guanidine groups is 1. The fourth-order valence-corrected chi connectivity index (χ4v) is 0.593. The third-order valence-electron chi connectivity index (χ3n) is 1.32. The third-order valence-corrected chi connectivity index (χ3v) is 1.32. The lowest BCUT2D eigenvalue weighted by Gasteiger charge is -2.02. The molecule has 6 heteroatoms. The fourth-order valence-electron chi connectivity index (χ4n) is 0.593. The Labute approximate surface area is 97.7 Å². The Morgan fingerprint density at radius 2 is 1.62 bits per heavy atom. The molecule has 0 saturated heterocycles. The number of nitrogens with zero attached hydrogens (tertiary/aromatic N) is 1. The highest BCUT2D eigenvalue weighted by molar-refractivity contribution is 5.75. The molecule has 16 heavy (non-hydrogen) atoms. The Bertz CT molecular complexity index is 209. The number of carbonyl (C=O) groups is 1. The molecule has 0 radical (unpaired) electrons. The average molecular weight is 231 g/mol. The van der Waals surface area contributed by atoms with E-state index in [1.54, 1.807) is 0 Å². The molecule has 0 rings (SSSR count). The van der Waals surface area contributed by atoms with Gasteiger partial charge >= 0.3 is 6.03 Å². The van der Waals surface area contributed by atoms with E-state index in [1.807, 2.05) is 13.8 Å². The highest BCUT2D eigenvalue weighted by Crippen LogP contribution is 1.89. The summed E-state index contributed by atoms with van der Waals surface area (Å²) in [6, 6.07) is -0.446. The molecule has 0 aliphatic carbocycles. The van der Waals surface area contributed by atoms with Crippen molar-refractivity contribution in [1.82, 2.24) is 5.32 Å². The van der Waals surface area contributed by atoms with Crippen molar-refractivity contribution in [1.29, 1.82) is 0 Å². The summed E-state index contributed by atoms with van der Waals surface area (Å²) in [6.07, 6.45) is 0. The quantitative estimate of drug-likeness (QED) is 0.409. The van der Waals surface area contributed by atoms with Crippen LogP contribution in [0.1, 0.15) is 27.7 Å². The number of hydrogen-bond acceptors (Lipinski definition) is 2. The second-order valence-corrected chi connectivity index (χ2v) is 4.30. The van der Waals surface area contributed by atoms with Crippen molar-refractivity contribution < 1.29 is 4.79 Å². The standard InChI is InChI=1S/C5H13N3.C5H12N2O/c1-4(2)3-8-5(6)7;1-4(2)3-7-5(6)8/h4H,3H2,1-2H3,(H4,6,7,8);4H,3H2,1-2H3,(H3,6,7,8). The summed E-state index contributed by atoms with van der Waals surface area (Å²) < 4.78 is 0. The zero-order valence-electron chi connectivity index (χ0n) is 10.7. The summed E-state index contributed by atoms with van der Waals surface area (Å²) in [4.78, 5) is 13.8. The van der Waals surface area contributed by atoms with Gasteiger partial charge in [0.05, 0.1) is 0 Å². The smallest absolute Gasteiger partial charge is 0.312 e. The van der Waals surface area contributed by atoms with Crippen molar-refractivity contribution in [3.8, 4) is 0 Å². The van der Waals surface area contributed by atoms with E-state index in [9.17, 15) is 4.79 Å². The highest BCUT2D eigenvalue weighted by atomic mass is 16.2. The number of primary amides is 1. The van der Waals surface area contributed by atoms with Gasteiger partial charge in [-0.1, -0.05) is 27.7 Å². The van der Waals surface area contributed by atoms with E-state index >= 15 is 0 Å². The lowest BCUT2D eigenvalue weighted by atomic mass is 10.2. The summed E-state index contributed by atoms with van der Waals surface area (Å²) in [5.41, 5.74) is 14.9. The van der Waals surface area contributed by atoms with Crippen LogP contribution in [0.5, 0.6) is 0 Å².